The van der Waals surface area contributed by atoms with Gasteiger partial charge in [-0.05, 0) is 37.3 Å². The van der Waals surface area contributed by atoms with Crippen LogP contribution in [0.2, 0.25) is 0 Å². The minimum absolute atomic E-state index is 0.0911. The molecule has 0 unspecified atom stereocenters. The number of esters is 1. The monoisotopic (exact) mass is 446 g/mol. The third kappa shape index (κ3) is 5.32. The Bertz CT molecular complexity index is 1230. The highest BCUT2D eigenvalue weighted by molar-refractivity contribution is 7.13. The lowest BCUT2D eigenvalue weighted by Gasteiger charge is -2.12. The summed E-state index contributed by atoms with van der Waals surface area (Å²) in [6, 6.07) is 16.3. The average molecular weight is 446 g/mol. The predicted octanol–water partition coefficient (Wildman–Crippen LogP) is 4.50. The number of benzene rings is 2. The van der Waals surface area contributed by atoms with E-state index in [4.69, 9.17) is 9.47 Å². The zero-order valence-electron chi connectivity index (χ0n) is 17.0. The van der Waals surface area contributed by atoms with Crippen LogP contribution in [0.4, 0.5) is 5.69 Å². The first-order valence-electron chi connectivity index (χ1n) is 9.62. The Morgan fingerprint density at radius 1 is 1.00 bits per heavy atom. The first-order chi connectivity index (χ1) is 15.6. The SMILES string of the molecule is Cc1ccc(Oc2ccccc2NC(=O)COC(=O)c2csc(-c3ncccn3)n2)cc1. The summed E-state index contributed by atoms with van der Waals surface area (Å²) in [5.74, 6) is 0.330. The van der Waals surface area contributed by atoms with Gasteiger partial charge < -0.3 is 14.8 Å². The maximum atomic E-state index is 12.3. The Morgan fingerprint density at radius 2 is 1.75 bits per heavy atom. The van der Waals surface area contributed by atoms with Gasteiger partial charge in [-0.1, -0.05) is 29.8 Å². The van der Waals surface area contributed by atoms with Crippen molar-refractivity contribution in [2.24, 2.45) is 0 Å². The molecular weight excluding hydrogens is 428 g/mol. The molecule has 0 fully saturated rings. The van der Waals surface area contributed by atoms with E-state index in [1.54, 1.807) is 42.7 Å². The molecule has 0 aliphatic rings. The summed E-state index contributed by atoms with van der Waals surface area (Å²) in [6.07, 6.45) is 3.18. The fourth-order valence-electron chi connectivity index (χ4n) is 2.66. The number of anilines is 1. The Morgan fingerprint density at radius 3 is 2.53 bits per heavy atom. The van der Waals surface area contributed by atoms with Crippen LogP contribution >= 0.6 is 11.3 Å². The van der Waals surface area contributed by atoms with Gasteiger partial charge >= 0.3 is 5.97 Å². The summed E-state index contributed by atoms with van der Waals surface area (Å²) >= 11 is 1.22. The van der Waals surface area contributed by atoms with Crippen molar-refractivity contribution in [3.8, 4) is 22.3 Å². The molecule has 32 heavy (non-hydrogen) atoms. The highest BCUT2D eigenvalue weighted by Gasteiger charge is 2.16. The van der Waals surface area contributed by atoms with E-state index in [2.05, 4.69) is 20.3 Å². The molecule has 2 aromatic carbocycles. The number of nitrogens with zero attached hydrogens (tertiary/aromatic N) is 3. The van der Waals surface area contributed by atoms with Crippen molar-refractivity contribution in [2.75, 3.05) is 11.9 Å². The Balaban J connectivity index is 1.35. The van der Waals surface area contributed by atoms with Crippen LogP contribution in [0.3, 0.4) is 0 Å². The van der Waals surface area contributed by atoms with Crippen molar-refractivity contribution in [1.82, 2.24) is 15.0 Å². The van der Waals surface area contributed by atoms with Crippen molar-refractivity contribution >= 4 is 28.9 Å². The van der Waals surface area contributed by atoms with Crippen molar-refractivity contribution in [3.05, 3.63) is 83.6 Å². The van der Waals surface area contributed by atoms with Crippen LogP contribution in [0, 0.1) is 6.92 Å². The molecule has 8 nitrogen and oxygen atoms in total. The molecule has 0 spiro atoms. The van der Waals surface area contributed by atoms with Crippen LogP contribution in [0.15, 0.2) is 72.4 Å². The molecule has 0 atom stereocenters. The predicted molar refractivity (Wildman–Crippen MR) is 120 cm³/mol. The maximum absolute atomic E-state index is 12.3. The van der Waals surface area contributed by atoms with E-state index in [-0.39, 0.29) is 5.69 Å². The molecule has 0 radical (unpaired) electrons. The zero-order chi connectivity index (χ0) is 22.3. The van der Waals surface area contributed by atoms with Gasteiger partial charge in [0.15, 0.2) is 28.9 Å². The standard InChI is InChI=1S/C23H18N4O4S/c1-15-7-9-16(10-8-15)31-19-6-3-2-5-17(19)26-20(28)13-30-23(29)18-14-32-22(27-18)21-24-11-4-12-25-21/h2-12,14H,13H2,1H3,(H,26,28). The number of para-hydroxylation sites is 2. The van der Waals surface area contributed by atoms with Crippen molar-refractivity contribution in [1.29, 1.82) is 0 Å². The third-order valence-corrected chi connectivity index (χ3v) is 5.05. The molecule has 0 aliphatic carbocycles. The van der Waals surface area contributed by atoms with E-state index in [0.717, 1.165) is 5.56 Å². The molecule has 4 aromatic rings. The number of aromatic nitrogens is 3. The molecule has 4 rings (SSSR count). The van der Waals surface area contributed by atoms with Gasteiger partial charge in [-0.15, -0.1) is 11.3 Å². The molecule has 160 valence electrons. The summed E-state index contributed by atoms with van der Waals surface area (Å²) < 4.78 is 11.0. The number of aryl methyl sites for hydroxylation is 1. The Kier molecular flexibility index (Phi) is 6.47. The lowest BCUT2D eigenvalue weighted by molar-refractivity contribution is -0.119. The van der Waals surface area contributed by atoms with E-state index in [0.29, 0.717) is 28.0 Å². The van der Waals surface area contributed by atoms with Gasteiger partial charge in [0.2, 0.25) is 0 Å². The van der Waals surface area contributed by atoms with Gasteiger partial charge in [-0.25, -0.2) is 19.7 Å². The van der Waals surface area contributed by atoms with Crippen molar-refractivity contribution < 1.29 is 19.1 Å². The summed E-state index contributed by atoms with van der Waals surface area (Å²) in [6.45, 7) is 1.52. The molecule has 2 aromatic heterocycles. The van der Waals surface area contributed by atoms with Gasteiger partial charge in [0.05, 0.1) is 5.69 Å². The summed E-state index contributed by atoms with van der Waals surface area (Å²) in [5, 5.41) is 4.73. The molecule has 9 heteroatoms. The number of carbonyl (C=O) groups is 2. The van der Waals surface area contributed by atoms with Gasteiger partial charge in [-0.3, -0.25) is 4.79 Å². The molecule has 2 heterocycles. The summed E-state index contributed by atoms with van der Waals surface area (Å²) in [4.78, 5) is 37.0. The van der Waals surface area contributed by atoms with E-state index in [1.807, 2.05) is 31.2 Å². The molecule has 0 saturated carbocycles. The minimum Gasteiger partial charge on any atom is -0.455 e. The Hall–Kier alpha value is -4.11. The lowest BCUT2D eigenvalue weighted by Crippen LogP contribution is -2.21. The summed E-state index contributed by atoms with van der Waals surface area (Å²) in [7, 11) is 0. The quantitative estimate of drug-likeness (QED) is 0.417. The minimum atomic E-state index is -0.706. The number of hydrogen-bond donors (Lipinski definition) is 1. The molecular formula is C23H18N4O4S. The van der Waals surface area contributed by atoms with Crippen LogP contribution in [-0.4, -0.2) is 33.4 Å². The van der Waals surface area contributed by atoms with Crippen LogP contribution in [0.25, 0.3) is 10.8 Å². The van der Waals surface area contributed by atoms with E-state index in [9.17, 15) is 9.59 Å². The number of rotatable bonds is 7. The van der Waals surface area contributed by atoms with Gasteiger partial charge in [0.1, 0.15) is 5.75 Å². The van der Waals surface area contributed by atoms with Crippen molar-refractivity contribution in [3.63, 3.8) is 0 Å². The number of hydrogen-bond acceptors (Lipinski definition) is 8. The molecule has 0 bridgehead atoms. The van der Waals surface area contributed by atoms with Crippen LogP contribution < -0.4 is 10.1 Å². The maximum Gasteiger partial charge on any atom is 0.358 e. The van der Waals surface area contributed by atoms with Gasteiger partial charge in [-0.2, -0.15) is 0 Å². The number of ether oxygens (including phenoxy) is 2. The third-order valence-electron chi connectivity index (χ3n) is 4.21. The second kappa shape index (κ2) is 9.80. The fourth-order valence-corrected chi connectivity index (χ4v) is 3.40. The fraction of sp³-hybridized carbons (Fsp3) is 0.0870. The molecule has 1 N–H and O–H groups in total. The second-order valence-corrected chi connectivity index (χ2v) is 7.50. The van der Waals surface area contributed by atoms with E-state index >= 15 is 0 Å². The lowest BCUT2D eigenvalue weighted by atomic mass is 10.2. The first kappa shape index (κ1) is 21.1. The highest BCUT2D eigenvalue weighted by atomic mass is 32.1. The first-order valence-corrected chi connectivity index (χ1v) is 10.5. The Labute approximate surface area is 187 Å². The number of thiazole rings is 1. The molecule has 1 amide bonds. The topological polar surface area (TPSA) is 103 Å². The van der Waals surface area contributed by atoms with Crippen LogP contribution in [0.1, 0.15) is 16.1 Å². The average Bonchev–Trinajstić information content (AvgIpc) is 3.31. The van der Waals surface area contributed by atoms with Gasteiger partial charge in [0, 0.05) is 17.8 Å². The normalized spacial score (nSPS) is 10.4. The smallest absolute Gasteiger partial charge is 0.358 e. The molecule has 0 saturated heterocycles. The number of carbonyl (C=O) groups excluding carboxylic acids is 2. The highest BCUT2D eigenvalue weighted by Crippen LogP contribution is 2.29. The largest absolute Gasteiger partial charge is 0.455 e. The second-order valence-electron chi connectivity index (χ2n) is 6.65. The molecule has 0 aliphatic heterocycles. The van der Waals surface area contributed by atoms with Gasteiger partial charge in [0.25, 0.3) is 5.91 Å². The van der Waals surface area contributed by atoms with E-state index in [1.165, 1.54) is 16.7 Å². The van der Waals surface area contributed by atoms with Crippen LogP contribution in [0.5, 0.6) is 11.5 Å². The van der Waals surface area contributed by atoms with Crippen LogP contribution in [-0.2, 0) is 9.53 Å². The number of amides is 1. The van der Waals surface area contributed by atoms with Crippen molar-refractivity contribution in [2.45, 2.75) is 6.92 Å². The summed E-state index contributed by atoms with van der Waals surface area (Å²) in [5.41, 5.74) is 1.67. The number of nitrogens with one attached hydrogen (secondary N) is 1. The zero-order valence-corrected chi connectivity index (χ0v) is 17.8. The van der Waals surface area contributed by atoms with E-state index < -0.39 is 18.5 Å².